The molecule has 0 aliphatic rings. The third-order valence-electron chi connectivity index (χ3n) is 2.96. The largest absolute Gasteiger partial charge is 0.506 e. The second-order valence-corrected chi connectivity index (χ2v) is 7.67. The third kappa shape index (κ3) is 3.45. The van der Waals surface area contributed by atoms with Crippen molar-refractivity contribution in [3.8, 4) is 11.5 Å². The summed E-state index contributed by atoms with van der Waals surface area (Å²) in [5, 5.41) is 37.5. The molecule has 0 fully saturated rings. The summed E-state index contributed by atoms with van der Waals surface area (Å²) in [4.78, 5) is 22.3. The average Bonchev–Trinajstić information content (AvgIpc) is 2.50. The van der Waals surface area contributed by atoms with Gasteiger partial charge in [-0.15, -0.1) is 0 Å². The van der Waals surface area contributed by atoms with E-state index in [0.29, 0.717) is 0 Å². The van der Waals surface area contributed by atoms with Gasteiger partial charge in [0.2, 0.25) is 0 Å². The van der Waals surface area contributed by atoms with Crippen LogP contribution in [-0.2, 0) is 10.8 Å². The number of benzene rings is 2. The van der Waals surface area contributed by atoms with Crippen LogP contribution in [0.5, 0.6) is 11.5 Å². The minimum absolute atomic E-state index is 0.0297. The van der Waals surface area contributed by atoms with Crippen LogP contribution in [0.4, 0.5) is 0 Å². The first kappa shape index (κ1) is 18.4. The summed E-state index contributed by atoms with van der Waals surface area (Å²) >= 11 is 5.96. The van der Waals surface area contributed by atoms with E-state index in [1.54, 1.807) is 0 Å². The van der Waals surface area contributed by atoms with Crippen molar-refractivity contribution in [1.82, 2.24) is 0 Å². The van der Waals surface area contributed by atoms with Crippen LogP contribution < -0.4 is 0 Å². The molecule has 2 rings (SSSR count). The topological polar surface area (TPSA) is 132 Å². The van der Waals surface area contributed by atoms with Crippen molar-refractivity contribution in [2.75, 3.05) is 0 Å². The van der Waals surface area contributed by atoms with E-state index in [2.05, 4.69) is 31.9 Å². The molecule has 10 heteroatoms. The maximum atomic E-state index is 12.6. The Hall–Kier alpha value is -1.91. The van der Waals surface area contributed by atoms with E-state index in [0.717, 1.165) is 12.1 Å². The molecule has 4 N–H and O–H groups in total. The number of hydrogen-bond acceptors (Lipinski definition) is 5. The van der Waals surface area contributed by atoms with Crippen molar-refractivity contribution < 1.29 is 34.2 Å². The molecule has 126 valence electrons. The number of aromatic carboxylic acids is 2. The molecule has 0 bridgehead atoms. The van der Waals surface area contributed by atoms with E-state index in [1.165, 1.54) is 12.1 Å². The van der Waals surface area contributed by atoms with Crippen LogP contribution in [0.2, 0.25) is 0 Å². The first-order valence-electron chi connectivity index (χ1n) is 6.06. The highest BCUT2D eigenvalue weighted by Crippen LogP contribution is 2.35. The van der Waals surface area contributed by atoms with E-state index in [4.69, 9.17) is 10.2 Å². The molecule has 24 heavy (non-hydrogen) atoms. The Morgan fingerprint density at radius 3 is 1.42 bits per heavy atom. The lowest BCUT2D eigenvalue weighted by molar-refractivity contribution is 0.0682. The summed E-state index contributed by atoms with van der Waals surface area (Å²) < 4.78 is 12.7. The van der Waals surface area contributed by atoms with Gasteiger partial charge in [0.15, 0.2) is 0 Å². The fourth-order valence-corrected chi connectivity index (χ4v) is 4.22. The van der Waals surface area contributed by atoms with E-state index in [-0.39, 0.29) is 18.7 Å². The quantitative estimate of drug-likeness (QED) is 0.529. The van der Waals surface area contributed by atoms with Crippen LogP contribution >= 0.6 is 31.9 Å². The summed E-state index contributed by atoms with van der Waals surface area (Å²) in [6.45, 7) is 0. The van der Waals surface area contributed by atoms with Gasteiger partial charge in [0.25, 0.3) is 0 Å². The first-order chi connectivity index (χ1) is 11.1. The summed E-state index contributed by atoms with van der Waals surface area (Å²) in [5.74, 6) is -3.85. The Kier molecular flexibility index (Phi) is 5.31. The van der Waals surface area contributed by atoms with Crippen molar-refractivity contribution in [3.63, 3.8) is 0 Å². The Morgan fingerprint density at radius 2 is 1.12 bits per heavy atom. The molecule has 0 heterocycles. The average molecular weight is 480 g/mol. The Morgan fingerprint density at radius 1 is 0.792 bits per heavy atom. The van der Waals surface area contributed by atoms with Crippen molar-refractivity contribution in [1.29, 1.82) is 0 Å². The van der Waals surface area contributed by atoms with Crippen molar-refractivity contribution >= 4 is 54.6 Å². The second kappa shape index (κ2) is 6.91. The minimum atomic E-state index is -1.95. The molecule has 0 radical (unpaired) electrons. The standard InChI is InChI=1S/C14H8Br2O7S/c15-9-3-5(1-7(11(9)17)13(19)20)24(23)6-2-8(14(21)22)12(18)10(16)4-6/h1-4,17-18H,(H,19,20)(H,21,22). The van der Waals surface area contributed by atoms with Crippen LogP contribution in [0, 0.1) is 0 Å². The maximum Gasteiger partial charge on any atom is 0.339 e. The molecular formula is C14H8Br2O7S. The van der Waals surface area contributed by atoms with E-state index >= 15 is 0 Å². The second-order valence-electron chi connectivity index (χ2n) is 4.48. The highest BCUT2D eigenvalue weighted by molar-refractivity contribution is 9.11. The third-order valence-corrected chi connectivity index (χ3v) is 5.50. The summed E-state index contributed by atoms with van der Waals surface area (Å²) in [5.41, 5.74) is -0.909. The molecule has 0 amide bonds. The monoisotopic (exact) mass is 478 g/mol. The van der Waals surface area contributed by atoms with Crippen molar-refractivity contribution in [3.05, 3.63) is 44.3 Å². The number of carboxylic acid groups (broad SMARTS) is 2. The van der Waals surface area contributed by atoms with Gasteiger partial charge in [0.05, 0.1) is 19.7 Å². The van der Waals surface area contributed by atoms with Crippen LogP contribution in [0.3, 0.4) is 0 Å². The molecule has 0 aliphatic carbocycles. The summed E-state index contributed by atoms with van der Waals surface area (Å²) in [7, 11) is -1.95. The lowest BCUT2D eigenvalue weighted by Crippen LogP contribution is -2.03. The van der Waals surface area contributed by atoms with Gasteiger partial charge in [-0.1, -0.05) is 0 Å². The predicted molar refractivity (Wildman–Crippen MR) is 90.2 cm³/mol. The highest BCUT2D eigenvalue weighted by Gasteiger charge is 2.21. The highest BCUT2D eigenvalue weighted by atomic mass is 79.9. The number of halogens is 2. The fourth-order valence-electron chi connectivity index (χ4n) is 1.82. The molecule has 0 aromatic heterocycles. The molecule has 2 aromatic carbocycles. The molecule has 7 nitrogen and oxygen atoms in total. The van der Waals surface area contributed by atoms with Gasteiger partial charge in [-0.05, 0) is 56.1 Å². The van der Waals surface area contributed by atoms with Crippen LogP contribution in [0.1, 0.15) is 20.7 Å². The zero-order valence-corrected chi connectivity index (χ0v) is 15.5. The summed E-state index contributed by atoms with van der Waals surface area (Å²) in [6.07, 6.45) is 0. The zero-order chi connectivity index (χ0) is 18.2. The maximum absolute atomic E-state index is 12.6. The van der Waals surface area contributed by atoms with Gasteiger partial charge in [0.1, 0.15) is 22.6 Å². The normalized spacial score (nSPS) is 10.8. The van der Waals surface area contributed by atoms with Gasteiger partial charge in [-0.25, -0.2) is 13.8 Å². The Balaban J connectivity index is 2.62. The number of rotatable bonds is 4. The molecule has 0 spiro atoms. The minimum Gasteiger partial charge on any atom is -0.506 e. The predicted octanol–water partition coefficient (Wildman–Crippen LogP) is 3.19. The number of phenols is 2. The SMILES string of the molecule is O=C(O)c1cc(S(=O)c2cc(Br)c(O)c(C(=O)O)c2)cc(Br)c1O. The van der Waals surface area contributed by atoms with Crippen molar-refractivity contribution in [2.24, 2.45) is 0 Å². The Labute approximate surface area is 154 Å². The van der Waals surface area contributed by atoms with Gasteiger partial charge < -0.3 is 20.4 Å². The zero-order valence-electron chi connectivity index (χ0n) is 11.5. The molecular weight excluding hydrogens is 472 g/mol. The van der Waals surface area contributed by atoms with E-state index < -0.39 is 45.4 Å². The fraction of sp³-hybridized carbons (Fsp3) is 0. The van der Waals surface area contributed by atoms with Gasteiger partial charge in [0, 0.05) is 9.79 Å². The molecule has 0 saturated heterocycles. The molecule has 0 saturated carbocycles. The van der Waals surface area contributed by atoms with E-state index in [9.17, 15) is 24.0 Å². The first-order valence-corrected chi connectivity index (χ1v) is 8.80. The smallest absolute Gasteiger partial charge is 0.339 e. The molecule has 0 atom stereocenters. The summed E-state index contributed by atoms with van der Waals surface area (Å²) in [6, 6.07) is 4.58. The lowest BCUT2D eigenvalue weighted by atomic mass is 10.2. The van der Waals surface area contributed by atoms with E-state index in [1.807, 2.05) is 0 Å². The molecule has 0 aliphatic heterocycles. The van der Waals surface area contributed by atoms with Crippen LogP contribution in [-0.4, -0.2) is 36.6 Å². The Bertz CT molecular complexity index is 824. The van der Waals surface area contributed by atoms with Crippen LogP contribution in [0.15, 0.2) is 43.0 Å². The van der Waals surface area contributed by atoms with Gasteiger partial charge in [-0.2, -0.15) is 0 Å². The molecule has 0 unspecified atom stereocenters. The van der Waals surface area contributed by atoms with Crippen molar-refractivity contribution in [2.45, 2.75) is 9.79 Å². The number of carbonyl (C=O) groups is 2. The van der Waals surface area contributed by atoms with Crippen LogP contribution in [0.25, 0.3) is 0 Å². The number of aromatic hydroxyl groups is 2. The number of carboxylic acids is 2. The lowest BCUT2D eigenvalue weighted by Gasteiger charge is -2.10. The number of hydrogen-bond donors (Lipinski definition) is 4. The van der Waals surface area contributed by atoms with Gasteiger partial charge >= 0.3 is 11.9 Å². The van der Waals surface area contributed by atoms with Gasteiger partial charge in [-0.3, -0.25) is 0 Å². The molecule has 2 aromatic rings.